The van der Waals surface area contributed by atoms with Crippen LogP contribution < -0.4 is 16.2 Å². The minimum atomic E-state index is -0.728. The Kier molecular flexibility index (Phi) is 7.32. The Hall–Kier alpha value is -3.59. The van der Waals surface area contributed by atoms with Gasteiger partial charge < -0.3 is 24.7 Å². The van der Waals surface area contributed by atoms with E-state index in [0.717, 1.165) is 5.56 Å². The molecule has 1 atom stereocenters. The van der Waals surface area contributed by atoms with Crippen molar-refractivity contribution in [1.82, 2.24) is 15.2 Å². The molecule has 2 heterocycles. The molecule has 0 fully saturated rings. The summed E-state index contributed by atoms with van der Waals surface area (Å²) in [6.07, 6.45) is 1.37. The van der Waals surface area contributed by atoms with Gasteiger partial charge in [-0.3, -0.25) is 4.79 Å². The Bertz CT molecular complexity index is 1140. The van der Waals surface area contributed by atoms with Crippen LogP contribution in [-0.2, 0) is 20.8 Å². The molecule has 1 aromatic heterocycles. The van der Waals surface area contributed by atoms with Gasteiger partial charge >= 0.3 is 18.0 Å². The lowest BCUT2D eigenvalue weighted by atomic mass is 10.0. The summed E-state index contributed by atoms with van der Waals surface area (Å²) in [6, 6.07) is 8.53. The zero-order chi connectivity index (χ0) is 23.3. The first kappa shape index (κ1) is 23.1. The molecule has 32 heavy (non-hydrogen) atoms. The van der Waals surface area contributed by atoms with Crippen molar-refractivity contribution in [3.05, 3.63) is 80.4 Å². The van der Waals surface area contributed by atoms with E-state index in [0.29, 0.717) is 5.02 Å². The van der Waals surface area contributed by atoms with Crippen molar-refractivity contribution < 1.29 is 23.9 Å². The number of hydrogen-bond acceptors (Lipinski definition) is 6. The van der Waals surface area contributed by atoms with E-state index in [1.807, 2.05) is 0 Å². The fourth-order valence-corrected chi connectivity index (χ4v) is 3.40. The SMILES string of the molecule is CCOC(=O)C1=C(COC(=O)c2ccc(=O)n(Cc3ccccc3Cl)c2)NC(=O)N[C@H]1C. The van der Waals surface area contributed by atoms with Crippen molar-refractivity contribution in [2.24, 2.45) is 0 Å². The second kappa shape index (κ2) is 10.1. The molecule has 10 heteroatoms. The van der Waals surface area contributed by atoms with Crippen LogP contribution in [-0.4, -0.2) is 41.8 Å². The zero-order valence-electron chi connectivity index (χ0n) is 17.5. The average Bonchev–Trinajstić information content (AvgIpc) is 2.74. The van der Waals surface area contributed by atoms with E-state index in [1.54, 1.807) is 38.1 Å². The number of esters is 2. The van der Waals surface area contributed by atoms with E-state index in [2.05, 4.69) is 10.6 Å². The van der Waals surface area contributed by atoms with Crippen molar-refractivity contribution >= 4 is 29.6 Å². The van der Waals surface area contributed by atoms with Gasteiger partial charge in [-0.1, -0.05) is 29.8 Å². The maximum absolute atomic E-state index is 12.6. The van der Waals surface area contributed by atoms with E-state index in [9.17, 15) is 19.2 Å². The van der Waals surface area contributed by atoms with Gasteiger partial charge in [0.05, 0.1) is 36.0 Å². The number of carbonyl (C=O) groups is 3. The van der Waals surface area contributed by atoms with Crippen LogP contribution in [0.2, 0.25) is 5.02 Å². The molecule has 2 aromatic rings. The highest BCUT2D eigenvalue weighted by Gasteiger charge is 2.30. The third-order valence-corrected chi connectivity index (χ3v) is 5.10. The second-order valence-corrected chi connectivity index (χ2v) is 7.39. The number of nitrogens with zero attached hydrogens (tertiary/aromatic N) is 1. The average molecular weight is 460 g/mol. The number of halogens is 1. The van der Waals surface area contributed by atoms with E-state index < -0.39 is 24.0 Å². The van der Waals surface area contributed by atoms with Crippen LogP contribution >= 0.6 is 11.6 Å². The first-order chi connectivity index (χ1) is 15.3. The number of amides is 2. The Morgan fingerprint density at radius 2 is 1.84 bits per heavy atom. The lowest BCUT2D eigenvalue weighted by Gasteiger charge is -2.26. The predicted molar refractivity (Wildman–Crippen MR) is 116 cm³/mol. The molecule has 1 aromatic carbocycles. The van der Waals surface area contributed by atoms with E-state index >= 15 is 0 Å². The summed E-state index contributed by atoms with van der Waals surface area (Å²) in [5.41, 5.74) is 0.842. The van der Waals surface area contributed by atoms with Crippen molar-refractivity contribution in [3.8, 4) is 0 Å². The van der Waals surface area contributed by atoms with Crippen molar-refractivity contribution in [1.29, 1.82) is 0 Å². The highest BCUT2D eigenvalue weighted by Crippen LogP contribution is 2.17. The van der Waals surface area contributed by atoms with Crippen molar-refractivity contribution in [3.63, 3.8) is 0 Å². The summed E-state index contributed by atoms with van der Waals surface area (Å²) in [4.78, 5) is 48.9. The molecular weight excluding hydrogens is 438 g/mol. The smallest absolute Gasteiger partial charge is 0.340 e. The molecule has 0 unspecified atom stereocenters. The van der Waals surface area contributed by atoms with Crippen molar-refractivity contribution in [2.45, 2.75) is 26.4 Å². The van der Waals surface area contributed by atoms with Gasteiger partial charge in [0.2, 0.25) is 0 Å². The number of urea groups is 1. The monoisotopic (exact) mass is 459 g/mol. The first-order valence-corrected chi connectivity index (χ1v) is 10.3. The minimum Gasteiger partial charge on any atom is -0.463 e. The van der Waals surface area contributed by atoms with Crippen LogP contribution in [0.5, 0.6) is 0 Å². The normalized spacial score (nSPS) is 15.6. The molecule has 1 aliphatic rings. The van der Waals surface area contributed by atoms with Gasteiger partial charge in [0, 0.05) is 17.3 Å². The quantitative estimate of drug-likeness (QED) is 0.613. The van der Waals surface area contributed by atoms with E-state index in [4.69, 9.17) is 21.1 Å². The van der Waals surface area contributed by atoms with Gasteiger partial charge in [0.1, 0.15) is 6.61 Å². The summed E-state index contributed by atoms with van der Waals surface area (Å²) >= 11 is 6.16. The highest BCUT2D eigenvalue weighted by atomic mass is 35.5. The maximum Gasteiger partial charge on any atom is 0.340 e. The molecule has 0 saturated carbocycles. The molecule has 9 nitrogen and oxygen atoms in total. The number of pyridine rings is 1. The predicted octanol–water partition coefficient (Wildman–Crippen LogP) is 2.23. The van der Waals surface area contributed by atoms with E-state index in [1.165, 1.54) is 22.9 Å². The Morgan fingerprint density at radius 3 is 2.56 bits per heavy atom. The molecular formula is C22H22ClN3O6. The first-order valence-electron chi connectivity index (χ1n) is 9.88. The van der Waals surface area contributed by atoms with Gasteiger partial charge in [-0.05, 0) is 31.5 Å². The lowest BCUT2D eigenvalue weighted by Crippen LogP contribution is -2.50. The summed E-state index contributed by atoms with van der Waals surface area (Å²) in [7, 11) is 0. The third-order valence-electron chi connectivity index (χ3n) is 4.73. The molecule has 2 amide bonds. The Labute approximate surface area is 189 Å². The van der Waals surface area contributed by atoms with Crippen LogP contribution in [0.15, 0.2) is 58.7 Å². The number of aromatic nitrogens is 1. The topological polar surface area (TPSA) is 116 Å². The molecule has 1 aliphatic heterocycles. The van der Waals surface area contributed by atoms with Crippen molar-refractivity contribution in [2.75, 3.05) is 13.2 Å². The number of ether oxygens (including phenoxy) is 2. The number of hydrogen-bond donors (Lipinski definition) is 2. The Morgan fingerprint density at radius 1 is 1.09 bits per heavy atom. The number of nitrogens with one attached hydrogen (secondary N) is 2. The van der Waals surface area contributed by atoms with Crippen LogP contribution in [0.3, 0.4) is 0 Å². The molecule has 0 radical (unpaired) electrons. The number of carbonyl (C=O) groups excluding carboxylic acids is 3. The van der Waals surface area contributed by atoms with Crippen LogP contribution in [0.4, 0.5) is 4.79 Å². The van der Waals surface area contributed by atoms with Gasteiger partial charge in [-0.25, -0.2) is 14.4 Å². The fraction of sp³-hybridized carbons (Fsp3) is 0.273. The maximum atomic E-state index is 12.6. The van der Waals surface area contributed by atoms with Gasteiger partial charge in [-0.2, -0.15) is 0 Å². The molecule has 0 spiro atoms. The zero-order valence-corrected chi connectivity index (χ0v) is 18.3. The molecule has 0 saturated heterocycles. The summed E-state index contributed by atoms with van der Waals surface area (Å²) in [6.45, 7) is 3.26. The Balaban J connectivity index is 1.78. The van der Waals surface area contributed by atoms with Crippen LogP contribution in [0, 0.1) is 0 Å². The molecule has 0 aliphatic carbocycles. The number of benzene rings is 1. The van der Waals surface area contributed by atoms with Crippen LogP contribution in [0.25, 0.3) is 0 Å². The molecule has 3 rings (SSSR count). The largest absolute Gasteiger partial charge is 0.463 e. The van der Waals surface area contributed by atoms with Gasteiger partial charge in [0.25, 0.3) is 5.56 Å². The number of rotatable bonds is 7. The summed E-state index contributed by atoms with van der Waals surface area (Å²) in [5, 5.41) is 5.55. The second-order valence-electron chi connectivity index (χ2n) is 6.98. The minimum absolute atomic E-state index is 0.128. The lowest BCUT2D eigenvalue weighted by molar-refractivity contribution is -0.139. The molecule has 2 N–H and O–H groups in total. The van der Waals surface area contributed by atoms with Gasteiger partial charge in [-0.15, -0.1) is 0 Å². The van der Waals surface area contributed by atoms with E-state index in [-0.39, 0.29) is 42.2 Å². The standard InChI is InChI=1S/C22H22ClN3O6/c1-3-31-21(29)19-13(2)24-22(30)25-17(19)12-32-20(28)15-8-9-18(27)26(11-15)10-14-6-4-5-7-16(14)23/h4-9,11,13H,3,10,12H2,1-2H3,(H2,24,25,30)/t13-/m0/s1. The third kappa shape index (κ3) is 5.36. The highest BCUT2D eigenvalue weighted by molar-refractivity contribution is 6.31. The summed E-state index contributed by atoms with van der Waals surface area (Å²) < 4.78 is 11.7. The summed E-state index contributed by atoms with van der Waals surface area (Å²) in [5.74, 6) is -1.35. The fourth-order valence-electron chi connectivity index (χ4n) is 3.20. The molecule has 168 valence electrons. The van der Waals surface area contributed by atoms with Gasteiger partial charge in [0.15, 0.2) is 0 Å². The van der Waals surface area contributed by atoms with Crippen LogP contribution in [0.1, 0.15) is 29.8 Å². The molecule has 0 bridgehead atoms.